The highest BCUT2D eigenvalue weighted by Crippen LogP contribution is 2.20. The van der Waals surface area contributed by atoms with Gasteiger partial charge >= 0.3 is 23.5 Å². The molecule has 112 valence electrons. The van der Waals surface area contributed by atoms with Gasteiger partial charge in [0.05, 0.1) is 13.2 Å². The molecule has 0 heterocycles. The van der Waals surface area contributed by atoms with Crippen LogP contribution in [0, 0.1) is 0 Å². The molecule has 11 heteroatoms. The molecular weight excluding hydrogens is 307 g/mol. The Bertz CT molecular complexity index is 284. The summed E-state index contributed by atoms with van der Waals surface area (Å²) in [6.45, 7) is -2.05. The molecule has 0 aliphatic heterocycles. The number of alkyl halides is 6. The van der Waals surface area contributed by atoms with Crippen LogP contribution in [0.1, 0.15) is 0 Å². The quantitative estimate of drug-likeness (QED) is 0.308. The van der Waals surface area contributed by atoms with Crippen LogP contribution in [0.4, 0.5) is 22.0 Å². The maximum Gasteiger partial charge on any atom is 0.490 e. The van der Waals surface area contributed by atoms with Crippen LogP contribution in [0.25, 0.3) is 0 Å². The molecule has 5 nitrogen and oxygen atoms in total. The standard InChI is InChI=1S/C8H8ClF5O5/c9-7(10,11)5(15)18-3-1-17-2-4-19-6(16)8(12,13)14/h1-4H2. The number of carbonyl (C=O) groups excluding carboxylic acids is 2. The van der Waals surface area contributed by atoms with Crippen LogP contribution in [-0.2, 0) is 23.8 Å². The van der Waals surface area contributed by atoms with Crippen molar-refractivity contribution in [1.29, 1.82) is 0 Å². The van der Waals surface area contributed by atoms with Crippen LogP contribution >= 0.6 is 11.6 Å². The van der Waals surface area contributed by atoms with Crippen LogP contribution < -0.4 is 0 Å². The summed E-state index contributed by atoms with van der Waals surface area (Å²) in [5, 5.41) is -4.15. The predicted molar refractivity (Wildman–Crippen MR) is 49.6 cm³/mol. The summed E-state index contributed by atoms with van der Waals surface area (Å²) in [6, 6.07) is 0. The van der Waals surface area contributed by atoms with E-state index in [4.69, 9.17) is 0 Å². The highest BCUT2D eigenvalue weighted by atomic mass is 35.5. The highest BCUT2D eigenvalue weighted by Gasteiger charge is 2.40. The van der Waals surface area contributed by atoms with E-state index in [1.54, 1.807) is 0 Å². The summed E-state index contributed by atoms with van der Waals surface area (Å²) >= 11 is 4.31. The second kappa shape index (κ2) is 7.43. The second-order valence-corrected chi connectivity index (χ2v) is 3.35. The molecule has 0 aromatic carbocycles. The molecule has 0 amide bonds. The summed E-state index contributed by atoms with van der Waals surface area (Å²) in [6.07, 6.45) is -5.10. The molecule has 0 aromatic heterocycles. The zero-order valence-electron chi connectivity index (χ0n) is 9.14. The lowest BCUT2D eigenvalue weighted by molar-refractivity contribution is -0.200. The van der Waals surface area contributed by atoms with Gasteiger partial charge in [0, 0.05) is 0 Å². The van der Waals surface area contributed by atoms with Crippen molar-refractivity contribution in [2.24, 2.45) is 0 Å². The minimum absolute atomic E-state index is 0.373. The van der Waals surface area contributed by atoms with Crippen molar-refractivity contribution in [2.45, 2.75) is 11.6 Å². The van der Waals surface area contributed by atoms with E-state index in [1.165, 1.54) is 0 Å². The molecule has 0 spiro atoms. The molecule has 0 fully saturated rings. The zero-order chi connectivity index (χ0) is 15.1. The number of halogens is 6. The summed E-state index contributed by atoms with van der Waals surface area (Å²) < 4.78 is 71.2. The van der Waals surface area contributed by atoms with Gasteiger partial charge in [-0.15, -0.1) is 0 Å². The number of esters is 2. The molecule has 19 heavy (non-hydrogen) atoms. The summed E-state index contributed by atoms with van der Waals surface area (Å²) in [5.74, 6) is -4.34. The Labute approximate surface area is 108 Å². The van der Waals surface area contributed by atoms with Gasteiger partial charge in [0.15, 0.2) is 0 Å². The lowest BCUT2D eigenvalue weighted by atomic mass is 10.6. The fraction of sp³-hybridized carbons (Fsp3) is 0.750. The van der Waals surface area contributed by atoms with Crippen LogP contribution in [0.15, 0.2) is 0 Å². The number of rotatable bonds is 7. The predicted octanol–water partition coefficient (Wildman–Crippen LogP) is 1.48. The summed E-state index contributed by atoms with van der Waals surface area (Å²) in [4.78, 5) is 20.6. The van der Waals surface area contributed by atoms with Crippen LogP contribution in [0.2, 0.25) is 0 Å². The molecule has 0 aromatic rings. The molecule has 0 saturated carbocycles. The van der Waals surface area contributed by atoms with Crippen molar-refractivity contribution < 1.29 is 45.8 Å². The normalized spacial score (nSPS) is 12.1. The Morgan fingerprint density at radius 1 is 0.842 bits per heavy atom. The minimum atomic E-state index is -5.10. The van der Waals surface area contributed by atoms with Gasteiger partial charge in [0.25, 0.3) is 0 Å². The molecule has 0 rings (SSSR count). The molecule has 0 saturated heterocycles. The Morgan fingerprint density at radius 3 is 1.63 bits per heavy atom. The van der Waals surface area contributed by atoms with Crippen molar-refractivity contribution in [2.75, 3.05) is 26.4 Å². The van der Waals surface area contributed by atoms with Gasteiger partial charge in [0.1, 0.15) is 13.2 Å². The molecule has 0 aliphatic rings. The van der Waals surface area contributed by atoms with Crippen molar-refractivity contribution in [3.8, 4) is 0 Å². The number of ether oxygens (including phenoxy) is 3. The van der Waals surface area contributed by atoms with Crippen LogP contribution in [0.3, 0.4) is 0 Å². The van der Waals surface area contributed by atoms with Gasteiger partial charge in [-0.1, -0.05) is 0 Å². The first-order chi connectivity index (χ1) is 8.55. The fourth-order valence-electron chi connectivity index (χ4n) is 0.652. The summed E-state index contributed by atoms with van der Waals surface area (Å²) in [5.41, 5.74) is 0. The first kappa shape index (κ1) is 17.8. The number of hydrogen-bond donors (Lipinski definition) is 0. The van der Waals surface area contributed by atoms with E-state index < -0.39 is 43.3 Å². The van der Waals surface area contributed by atoms with E-state index in [9.17, 15) is 31.5 Å². The first-order valence-corrected chi connectivity index (χ1v) is 4.98. The zero-order valence-corrected chi connectivity index (χ0v) is 9.89. The van der Waals surface area contributed by atoms with Gasteiger partial charge in [-0.2, -0.15) is 22.0 Å². The van der Waals surface area contributed by atoms with E-state index in [-0.39, 0.29) is 6.61 Å². The van der Waals surface area contributed by atoms with Crippen molar-refractivity contribution in [3.05, 3.63) is 0 Å². The Morgan fingerprint density at radius 2 is 1.26 bits per heavy atom. The number of hydrogen-bond acceptors (Lipinski definition) is 5. The molecular formula is C8H8ClF5O5. The molecule has 0 atom stereocenters. The van der Waals surface area contributed by atoms with Gasteiger partial charge < -0.3 is 14.2 Å². The molecule has 0 bridgehead atoms. The van der Waals surface area contributed by atoms with Gasteiger partial charge in [-0.05, 0) is 11.6 Å². The molecule has 0 aliphatic carbocycles. The van der Waals surface area contributed by atoms with E-state index >= 15 is 0 Å². The monoisotopic (exact) mass is 314 g/mol. The molecule has 0 unspecified atom stereocenters. The minimum Gasteiger partial charge on any atom is -0.458 e. The Balaban J connectivity index is 3.53. The van der Waals surface area contributed by atoms with E-state index in [2.05, 4.69) is 25.8 Å². The van der Waals surface area contributed by atoms with Crippen molar-refractivity contribution >= 4 is 23.5 Å². The van der Waals surface area contributed by atoms with Gasteiger partial charge in [-0.25, -0.2) is 9.59 Å². The smallest absolute Gasteiger partial charge is 0.458 e. The van der Waals surface area contributed by atoms with E-state index in [0.29, 0.717) is 0 Å². The lowest BCUT2D eigenvalue weighted by Gasteiger charge is -2.09. The third-order valence-electron chi connectivity index (χ3n) is 1.38. The van der Waals surface area contributed by atoms with E-state index in [0.717, 1.165) is 0 Å². The third-order valence-corrected chi connectivity index (χ3v) is 1.54. The Kier molecular flexibility index (Phi) is 6.98. The number of carbonyl (C=O) groups is 2. The Hall–Kier alpha value is -1.16. The fourth-order valence-corrected chi connectivity index (χ4v) is 0.707. The van der Waals surface area contributed by atoms with Crippen LogP contribution in [-0.4, -0.2) is 49.9 Å². The van der Waals surface area contributed by atoms with Gasteiger partial charge in [-0.3, -0.25) is 0 Å². The summed E-state index contributed by atoms with van der Waals surface area (Å²) in [7, 11) is 0. The van der Waals surface area contributed by atoms with Gasteiger partial charge in [0.2, 0.25) is 0 Å². The van der Waals surface area contributed by atoms with E-state index in [1.807, 2.05) is 0 Å². The average Bonchev–Trinajstić information content (AvgIpc) is 2.24. The highest BCUT2D eigenvalue weighted by molar-refractivity contribution is 6.31. The largest absolute Gasteiger partial charge is 0.490 e. The topological polar surface area (TPSA) is 61.8 Å². The average molecular weight is 315 g/mol. The molecule has 0 N–H and O–H groups in total. The third kappa shape index (κ3) is 8.54. The maximum absolute atomic E-state index is 12.0. The SMILES string of the molecule is O=C(OCCOCCOC(=O)C(F)(F)Cl)C(F)(F)F. The second-order valence-electron chi connectivity index (χ2n) is 2.88. The maximum atomic E-state index is 12.0. The lowest BCUT2D eigenvalue weighted by Crippen LogP contribution is -2.27. The van der Waals surface area contributed by atoms with Crippen LogP contribution in [0.5, 0.6) is 0 Å². The van der Waals surface area contributed by atoms with Crippen molar-refractivity contribution in [3.63, 3.8) is 0 Å². The van der Waals surface area contributed by atoms with Crippen molar-refractivity contribution in [1.82, 2.24) is 0 Å². The first-order valence-electron chi connectivity index (χ1n) is 4.61. The molecule has 0 radical (unpaired) electrons.